The number of carbonyl (C=O) groups excluding carboxylic acids is 5. The number of anilines is 2. The van der Waals surface area contributed by atoms with Crippen LogP contribution in [-0.2, 0) is 0 Å². The lowest BCUT2D eigenvalue weighted by Gasteiger charge is -2.48. The maximum atomic E-state index is 13.1. The van der Waals surface area contributed by atoms with E-state index in [0.717, 1.165) is 145 Å². The Labute approximate surface area is 894 Å². The monoisotopic (exact) mass is 2050 g/mol. The van der Waals surface area contributed by atoms with Crippen molar-refractivity contribution in [3.63, 3.8) is 0 Å². The maximum absolute atomic E-state index is 13.1. The molecule has 24 heteroatoms. The molecule has 13 aliphatic rings. The highest BCUT2D eigenvalue weighted by Crippen LogP contribution is 2.51. The van der Waals surface area contributed by atoms with E-state index in [1.807, 2.05) is 70.4 Å². The molecule has 12 bridgehead atoms. The van der Waals surface area contributed by atoms with Crippen molar-refractivity contribution in [1.29, 1.82) is 0 Å². The van der Waals surface area contributed by atoms with E-state index in [2.05, 4.69) is 268 Å². The van der Waals surface area contributed by atoms with Crippen molar-refractivity contribution < 1.29 is 37.1 Å². The highest BCUT2D eigenvalue weighted by Gasteiger charge is 2.59. The van der Waals surface area contributed by atoms with Crippen LogP contribution in [0.2, 0.25) is 0 Å². The van der Waals surface area contributed by atoms with E-state index in [-0.39, 0.29) is 63.6 Å². The Morgan fingerprint density at radius 2 is 0.530 bits per heavy atom. The summed E-state index contributed by atoms with van der Waals surface area (Å²) < 4.78 is 39.0. The first-order chi connectivity index (χ1) is 70.6. The van der Waals surface area contributed by atoms with Crippen molar-refractivity contribution >= 4 is 41.2 Å². The summed E-state index contributed by atoms with van der Waals surface area (Å²) in [5, 5.41) is 0. The highest BCUT2D eigenvalue weighted by molar-refractivity contribution is 5.97. The lowest BCUT2D eigenvalue weighted by Crippen LogP contribution is -2.62. The van der Waals surface area contributed by atoms with Gasteiger partial charge >= 0.3 is 0 Å². The van der Waals surface area contributed by atoms with Gasteiger partial charge in [0.05, 0.1) is 0 Å². The Morgan fingerprint density at radius 3 is 0.819 bits per heavy atom. The van der Waals surface area contributed by atoms with E-state index in [9.17, 15) is 37.1 Å². The van der Waals surface area contributed by atoms with Gasteiger partial charge in [0.25, 0.3) is 29.5 Å². The number of fused-ring (bicyclic) bond motifs is 18. The molecule has 5 aromatic carbocycles. The molecule has 816 valence electrons. The molecule has 15 heterocycles. The molecule has 0 N–H and O–H groups in total. The predicted octanol–water partition coefficient (Wildman–Crippen LogP) is 22.2. The van der Waals surface area contributed by atoms with Crippen LogP contribution in [0.1, 0.15) is 303 Å². The number of hydrogen-bond donors (Lipinski definition) is 0. The summed E-state index contributed by atoms with van der Waals surface area (Å²) in [6.07, 6.45) is 19.1. The molecule has 12 unspecified atom stereocenters. The van der Waals surface area contributed by atoms with Gasteiger partial charge in [-0.05, 0) is 322 Å². The third kappa shape index (κ3) is 28.4. The van der Waals surface area contributed by atoms with Gasteiger partial charge in [-0.2, -0.15) is 0 Å². The first-order valence-corrected chi connectivity index (χ1v) is 57.2. The molecule has 13 aliphatic heterocycles. The minimum Gasteiger partial charge on any atom is -0.354 e. The van der Waals surface area contributed by atoms with Crippen LogP contribution in [0.4, 0.5) is 24.8 Å². The number of aromatic nitrogens is 2. The first kappa shape index (κ1) is 115. The topological polar surface area (TPSA) is 156 Å². The van der Waals surface area contributed by atoms with Crippen LogP contribution in [0.3, 0.4) is 0 Å². The molecule has 13 fully saturated rings. The van der Waals surface area contributed by atoms with Gasteiger partial charge < -0.3 is 34.3 Å². The van der Waals surface area contributed by atoms with E-state index in [1.54, 1.807) is 36.4 Å². The van der Waals surface area contributed by atoms with Gasteiger partial charge in [0.15, 0.2) is 0 Å². The zero-order valence-electron chi connectivity index (χ0n) is 95.7. The minimum atomic E-state index is -0.311. The van der Waals surface area contributed by atoms with Crippen molar-refractivity contribution in [3.05, 3.63) is 226 Å². The fourth-order valence-corrected chi connectivity index (χ4v) is 27.2. The van der Waals surface area contributed by atoms with Gasteiger partial charge in [-0.1, -0.05) is 144 Å². The summed E-state index contributed by atoms with van der Waals surface area (Å²) in [6.45, 7) is 75.6. The number of piperazine rings is 7. The number of benzene rings is 5. The Hall–Kier alpha value is -9.14. The highest BCUT2D eigenvalue weighted by atomic mass is 19.1. The molecular formula is C125H185F3N16O5. The third-order valence-corrected chi connectivity index (χ3v) is 33.9. The van der Waals surface area contributed by atoms with Crippen LogP contribution in [0.25, 0.3) is 0 Å². The summed E-state index contributed by atoms with van der Waals surface area (Å²) >= 11 is 0. The molecule has 14 atom stereocenters. The number of carbonyl (C=O) groups is 5. The molecule has 21 nitrogen and oxygen atoms in total. The van der Waals surface area contributed by atoms with E-state index in [1.165, 1.54) is 148 Å². The van der Waals surface area contributed by atoms with Gasteiger partial charge in [-0.25, -0.2) is 23.1 Å². The number of hydrogen-bond acceptors (Lipinski definition) is 16. The summed E-state index contributed by atoms with van der Waals surface area (Å²) in [7, 11) is 0. The van der Waals surface area contributed by atoms with Crippen molar-refractivity contribution in [2.45, 2.75) is 358 Å². The number of halogens is 3. The molecule has 0 aliphatic carbocycles. The van der Waals surface area contributed by atoms with Crippen LogP contribution in [0.15, 0.2) is 158 Å². The van der Waals surface area contributed by atoms with E-state index >= 15 is 0 Å². The first-order valence-electron chi connectivity index (χ1n) is 57.2. The molecule has 0 saturated carbocycles. The maximum Gasteiger partial charge on any atom is 0.254 e. The zero-order chi connectivity index (χ0) is 108. The number of aryl methyl sites for hydroxylation is 4. The van der Waals surface area contributed by atoms with Crippen LogP contribution >= 0.6 is 0 Å². The zero-order valence-corrected chi connectivity index (χ0v) is 95.7. The SMILES string of the molecule is CC(C)CN1C2CCC1C1CCC2N1C(=O)c1ccc(F)cc1.CC(C)CN1CCN(C(=O)c2ccc(F)cc2)CC1(C)C.CC(C)CN1[C@H](C)CN(C(=O)c2ccc(F)cc2)C[C@@H]1C.Cc1ccc(C(=O)N2C3CCC2C2CCC3N2CC(C)C)cc1.Cc1ccc(C(=O)N2CCN(CC(C)C)C(C)(C)C2)cc1.Cc1ccc(N2C3CCC2C2CCC3N2CC(C)C)nc1.Cc1ccc(N2CCN(CC(C)C)C(C)(C)C2)nc1. The molecule has 0 radical (unpaired) electrons. The molecule has 5 amide bonds. The molecule has 0 spiro atoms. The lowest BCUT2D eigenvalue weighted by atomic mass is 9.96. The smallest absolute Gasteiger partial charge is 0.254 e. The fraction of sp³-hybridized carbons (Fsp3) is 0.640. The standard InChI is InChI=1S/C20H28N2O.C19H25FN2O.C18H27N3.C18H28N2O.2C17H25FN2O.C16H27N3/c1-13(2)12-21-16-8-9-17(21)19-11-10-18(16)22(19)20(23)15-6-4-14(3)5-7-15;1-12(2)11-21-15-7-8-16(21)18-10-9-17(15)22(18)19(23)13-3-5-14(20)6-4-13;1-12(2)11-20-14-5-6-15(20)17-8-7-16(14)21(17)18-9-4-13(3)10-19-18;1-14(2)12-20-11-10-19(13-18(20,4)5)17(21)16-8-6-15(3)7-9-16;1-12(2)9-20-13(3)10-19(11-14(20)4)17(21)15-5-7-16(18)8-6-15;1-13(2)11-20-10-9-19(12-17(20,3)4)16(21)14-5-7-15(18)8-6-14;1-13(2)11-19-9-8-18(12-16(19,4)5)15-7-6-14(3)10-17-15/h4-7,13,16-19H,8-12H2,1-3H3;3-6,12,15-18H,7-11H2,1-2H3;4,9-10,12,14-17H,5-8,11H2,1-3H3;6-9,14H,10-13H2,1-5H3;5-8,12-14H,9-11H2,1-4H3;5-8,13H,9-12H2,1-4H3;6-7,10,13H,8-9,11-12H2,1-5H3/t;;;;13-,14+;;. The van der Waals surface area contributed by atoms with Crippen molar-refractivity contribution in [3.8, 4) is 0 Å². The predicted molar refractivity (Wildman–Crippen MR) is 602 cm³/mol. The van der Waals surface area contributed by atoms with Gasteiger partial charge in [0, 0.05) is 259 Å². The number of amides is 5. The summed E-state index contributed by atoms with van der Waals surface area (Å²) in [5.74, 6) is 6.69. The molecular weight excluding hydrogens is 1860 g/mol. The molecule has 7 aromatic rings. The van der Waals surface area contributed by atoms with Crippen molar-refractivity contribution in [2.24, 2.45) is 41.4 Å². The normalized spacial score (nSPS) is 26.3. The third-order valence-electron chi connectivity index (χ3n) is 33.9. The van der Waals surface area contributed by atoms with Gasteiger partial charge in [-0.15, -0.1) is 0 Å². The Balaban J connectivity index is 0.000000137. The fourth-order valence-electron chi connectivity index (χ4n) is 27.2. The van der Waals surface area contributed by atoms with Gasteiger partial charge in [0.1, 0.15) is 29.1 Å². The summed E-state index contributed by atoms with van der Waals surface area (Å²) in [6, 6.07) is 49.8. The van der Waals surface area contributed by atoms with E-state index in [0.29, 0.717) is 125 Å². The van der Waals surface area contributed by atoms with Gasteiger partial charge in [0.2, 0.25) is 0 Å². The van der Waals surface area contributed by atoms with Crippen LogP contribution in [-0.4, -0.2) is 317 Å². The second kappa shape index (κ2) is 50.4. The molecule has 20 rings (SSSR count). The van der Waals surface area contributed by atoms with Crippen LogP contribution in [0, 0.1) is 86.6 Å². The summed E-state index contributed by atoms with van der Waals surface area (Å²) in [5.41, 5.74) is 8.53. The van der Waals surface area contributed by atoms with Crippen molar-refractivity contribution in [1.82, 2.24) is 68.8 Å². The van der Waals surface area contributed by atoms with E-state index in [4.69, 9.17) is 4.98 Å². The average Bonchev–Trinajstić information content (AvgIpc) is 1.58. The Kier molecular flexibility index (Phi) is 39.0. The number of nitrogens with zero attached hydrogens (tertiary/aromatic N) is 16. The largest absolute Gasteiger partial charge is 0.354 e. The molecule has 2 aromatic heterocycles. The van der Waals surface area contributed by atoms with Gasteiger partial charge in [-0.3, -0.25) is 58.3 Å². The van der Waals surface area contributed by atoms with Crippen LogP contribution < -0.4 is 9.80 Å². The minimum absolute atomic E-state index is 0.00195. The molecule has 149 heavy (non-hydrogen) atoms. The quantitative estimate of drug-likeness (QED) is 0.0669. The molecule has 13 saturated heterocycles. The average molecular weight is 2050 g/mol. The van der Waals surface area contributed by atoms with Crippen molar-refractivity contribution in [2.75, 3.05) is 128 Å². The van der Waals surface area contributed by atoms with Crippen LogP contribution in [0.5, 0.6) is 0 Å². The Morgan fingerprint density at radius 1 is 0.282 bits per heavy atom. The number of rotatable bonds is 21. The summed E-state index contributed by atoms with van der Waals surface area (Å²) in [4.78, 5) is 107. The lowest BCUT2D eigenvalue weighted by molar-refractivity contribution is 0.00554. The second-order valence-electron chi connectivity index (χ2n) is 50.8. The van der Waals surface area contributed by atoms with E-state index < -0.39 is 0 Å². The number of pyridine rings is 2. The second-order valence-corrected chi connectivity index (χ2v) is 50.8. The Bertz CT molecular complexity index is 5110.